The van der Waals surface area contributed by atoms with Crippen molar-refractivity contribution < 1.29 is 4.79 Å². The molecule has 0 aliphatic carbocycles. The predicted molar refractivity (Wildman–Crippen MR) is 53.6 cm³/mol. The third-order valence-corrected chi connectivity index (χ3v) is 2.15. The van der Waals surface area contributed by atoms with Crippen LogP contribution in [0.5, 0.6) is 0 Å². The van der Waals surface area contributed by atoms with E-state index in [-0.39, 0.29) is 6.04 Å². The monoisotopic (exact) mass is 173 g/mol. The molecule has 0 spiro atoms. The molecule has 66 valence electrons. The van der Waals surface area contributed by atoms with Crippen molar-refractivity contribution in [1.29, 1.82) is 0 Å². The Bertz CT molecular complexity index is 344. The molecule has 2 heteroatoms. The molecule has 2 nitrogen and oxygen atoms in total. The average molecular weight is 173 g/mol. The smallest absolute Gasteiger partial charge is 0.142 e. The number of para-hydroxylation sites is 1. The molecule has 1 aromatic rings. The highest BCUT2D eigenvalue weighted by atomic mass is 16.1. The largest absolute Gasteiger partial charge is 0.375 e. The molecule has 0 aromatic heterocycles. The van der Waals surface area contributed by atoms with Gasteiger partial charge in [0.25, 0.3) is 0 Å². The molecule has 0 saturated carbocycles. The zero-order valence-corrected chi connectivity index (χ0v) is 7.23. The van der Waals surface area contributed by atoms with E-state index in [2.05, 4.69) is 5.32 Å². The summed E-state index contributed by atoms with van der Waals surface area (Å²) < 4.78 is 0. The lowest BCUT2D eigenvalue weighted by molar-refractivity contribution is -0.108. The van der Waals surface area contributed by atoms with Crippen LogP contribution in [0.4, 0.5) is 5.69 Å². The molecule has 0 saturated heterocycles. The van der Waals surface area contributed by atoms with Crippen molar-refractivity contribution >= 4 is 18.0 Å². The molecule has 0 amide bonds. The van der Waals surface area contributed by atoms with Crippen LogP contribution in [-0.4, -0.2) is 12.3 Å². The van der Waals surface area contributed by atoms with Crippen molar-refractivity contribution in [3.63, 3.8) is 0 Å². The molecule has 1 N–H and O–H groups in total. The van der Waals surface area contributed by atoms with Crippen molar-refractivity contribution in [2.75, 3.05) is 5.32 Å². The zero-order chi connectivity index (χ0) is 9.10. The van der Waals surface area contributed by atoms with Gasteiger partial charge >= 0.3 is 0 Å². The molecule has 1 aliphatic heterocycles. The molecule has 1 aromatic carbocycles. The number of nitrogens with one attached hydrogen (secondary N) is 1. The van der Waals surface area contributed by atoms with Crippen molar-refractivity contribution in [3.8, 4) is 0 Å². The summed E-state index contributed by atoms with van der Waals surface area (Å²) in [6, 6.07) is 7.90. The molecule has 0 bridgehead atoms. The Labute approximate surface area is 77.3 Å². The molecule has 1 unspecified atom stereocenters. The number of anilines is 1. The maximum atomic E-state index is 10.6. The van der Waals surface area contributed by atoms with Gasteiger partial charge in [0.05, 0.1) is 6.04 Å². The summed E-state index contributed by atoms with van der Waals surface area (Å²) in [6.07, 6.45) is 5.79. The Kier molecular flexibility index (Phi) is 2.13. The number of rotatable bonds is 1. The highest BCUT2D eigenvalue weighted by molar-refractivity contribution is 5.74. The van der Waals surface area contributed by atoms with Crippen molar-refractivity contribution in [2.24, 2.45) is 0 Å². The maximum absolute atomic E-state index is 10.6. The van der Waals surface area contributed by atoms with Gasteiger partial charge in [0, 0.05) is 5.69 Å². The van der Waals surface area contributed by atoms with E-state index < -0.39 is 0 Å². The highest BCUT2D eigenvalue weighted by Crippen LogP contribution is 2.21. The Morgan fingerprint density at radius 2 is 2.23 bits per heavy atom. The van der Waals surface area contributed by atoms with Crippen LogP contribution < -0.4 is 5.32 Å². The van der Waals surface area contributed by atoms with Gasteiger partial charge in [-0.1, -0.05) is 30.4 Å². The van der Waals surface area contributed by atoms with Gasteiger partial charge in [0.2, 0.25) is 0 Å². The number of hydrogen-bond donors (Lipinski definition) is 1. The second-order valence-corrected chi connectivity index (χ2v) is 3.11. The van der Waals surface area contributed by atoms with E-state index in [9.17, 15) is 4.79 Å². The van der Waals surface area contributed by atoms with Gasteiger partial charge in [-0.3, -0.25) is 0 Å². The molecular weight excluding hydrogens is 162 g/mol. The first-order valence-corrected chi connectivity index (χ1v) is 4.37. The van der Waals surface area contributed by atoms with E-state index in [0.717, 1.165) is 24.0 Å². The summed E-state index contributed by atoms with van der Waals surface area (Å²) in [4.78, 5) is 10.6. The van der Waals surface area contributed by atoms with Crippen molar-refractivity contribution in [1.82, 2.24) is 0 Å². The summed E-state index contributed by atoms with van der Waals surface area (Å²) in [5.74, 6) is 0. The molecule has 1 heterocycles. The second kappa shape index (κ2) is 3.44. The van der Waals surface area contributed by atoms with Gasteiger partial charge in [-0.05, 0) is 18.1 Å². The lowest BCUT2D eigenvalue weighted by Crippen LogP contribution is -2.19. The third kappa shape index (κ3) is 1.61. The first-order chi connectivity index (χ1) is 6.40. The van der Waals surface area contributed by atoms with Crippen LogP contribution in [0.2, 0.25) is 0 Å². The normalized spacial score (nSPS) is 19.8. The van der Waals surface area contributed by atoms with Crippen LogP contribution in [0.25, 0.3) is 6.08 Å². The maximum Gasteiger partial charge on any atom is 0.142 e. The van der Waals surface area contributed by atoms with E-state index >= 15 is 0 Å². The Morgan fingerprint density at radius 3 is 3.08 bits per heavy atom. The predicted octanol–water partition coefficient (Wildman–Crippen LogP) is 2.08. The van der Waals surface area contributed by atoms with E-state index in [4.69, 9.17) is 0 Å². The van der Waals surface area contributed by atoms with Crippen LogP contribution in [-0.2, 0) is 4.79 Å². The lowest BCUT2D eigenvalue weighted by Gasteiger charge is -2.11. The van der Waals surface area contributed by atoms with Crippen LogP contribution >= 0.6 is 0 Å². The minimum atomic E-state index is -0.0834. The fraction of sp³-hybridized carbons (Fsp3) is 0.182. The number of fused-ring (bicyclic) bond motifs is 1. The standard InChI is InChI=1S/C11H11NO/c13-8-10-6-3-5-9-4-1-2-7-11(9)12-10/h1-5,7-8,10,12H,6H2. The van der Waals surface area contributed by atoms with E-state index in [1.54, 1.807) is 0 Å². The SMILES string of the molecule is O=CC1CC=Cc2ccccc2N1. The number of aldehydes is 1. The summed E-state index contributed by atoms with van der Waals surface area (Å²) in [6.45, 7) is 0. The Hall–Kier alpha value is -1.57. The summed E-state index contributed by atoms with van der Waals surface area (Å²) in [5, 5.41) is 3.18. The van der Waals surface area contributed by atoms with E-state index in [1.807, 2.05) is 36.4 Å². The van der Waals surface area contributed by atoms with Gasteiger partial charge in [-0.15, -0.1) is 0 Å². The molecule has 13 heavy (non-hydrogen) atoms. The fourth-order valence-corrected chi connectivity index (χ4v) is 1.46. The van der Waals surface area contributed by atoms with Gasteiger partial charge in [0.15, 0.2) is 0 Å². The topological polar surface area (TPSA) is 29.1 Å². The fourth-order valence-electron chi connectivity index (χ4n) is 1.46. The summed E-state index contributed by atoms with van der Waals surface area (Å²) >= 11 is 0. The number of carbonyl (C=O) groups excluding carboxylic acids is 1. The molecular formula is C11H11NO. The Morgan fingerprint density at radius 1 is 1.38 bits per heavy atom. The van der Waals surface area contributed by atoms with Gasteiger partial charge < -0.3 is 10.1 Å². The minimum Gasteiger partial charge on any atom is -0.375 e. The molecule has 1 atom stereocenters. The van der Waals surface area contributed by atoms with Crippen LogP contribution in [0, 0.1) is 0 Å². The summed E-state index contributed by atoms with van der Waals surface area (Å²) in [5.41, 5.74) is 2.18. The van der Waals surface area contributed by atoms with Crippen molar-refractivity contribution in [2.45, 2.75) is 12.5 Å². The molecule has 2 rings (SSSR count). The molecule has 0 fully saturated rings. The van der Waals surface area contributed by atoms with E-state index in [0.29, 0.717) is 0 Å². The number of carbonyl (C=O) groups is 1. The zero-order valence-electron chi connectivity index (χ0n) is 7.23. The summed E-state index contributed by atoms with van der Waals surface area (Å²) in [7, 11) is 0. The van der Waals surface area contributed by atoms with Crippen LogP contribution in [0.15, 0.2) is 30.3 Å². The Balaban J connectivity index is 2.37. The first kappa shape index (κ1) is 8.05. The lowest BCUT2D eigenvalue weighted by atomic mass is 10.2. The van der Waals surface area contributed by atoms with Gasteiger partial charge in [-0.25, -0.2) is 0 Å². The van der Waals surface area contributed by atoms with E-state index in [1.165, 1.54) is 0 Å². The highest BCUT2D eigenvalue weighted by Gasteiger charge is 2.09. The number of benzene rings is 1. The van der Waals surface area contributed by atoms with Crippen LogP contribution in [0.3, 0.4) is 0 Å². The molecule has 0 radical (unpaired) electrons. The van der Waals surface area contributed by atoms with Crippen molar-refractivity contribution in [3.05, 3.63) is 35.9 Å². The first-order valence-electron chi connectivity index (χ1n) is 4.37. The van der Waals surface area contributed by atoms with Gasteiger partial charge in [0.1, 0.15) is 6.29 Å². The quantitative estimate of drug-likeness (QED) is 0.659. The minimum absolute atomic E-state index is 0.0834. The average Bonchev–Trinajstić information content (AvgIpc) is 2.38. The third-order valence-electron chi connectivity index (χ3n) is 2.15. The molecule has 1 aliphatic rings. The van der Waals surface area contributed by atoms with Gasteiger partial charge in [-0.2, -0.15) is 0 Å². The number of hydrogen-bond acceptors (Lipinski definition) is 2. The second-order valence-electron chi connectivity index (χ2n) is 3.11. The van der Waals surface area contributed by atoms with Crippen LogP contribution in [0.1, 0.15) is 12.0 Å².